The molecule has 0 saturated carbocycles. The van der Waals surface area contributed by atoms with Crippen LogP contribution in [-0.2, 0) is 0 Å². The van der Waals surface area contributed by atoms with Crippen molar-refractivity contribution in [2.45, 2.75) is 13.0 Å². The fraction of sp³-hybridized carbons (Fsp3) is 0.400. The Labute approximate surface area is 86.4 Å². The monoisotopic (exact) mass is 217 g/mol. The largest absolute Gasteiger partial charge is 0.394 e. The third kappa shape index (κ3) is 3.14. The van der Waals surface area contributed by atoms with Crippen LogP contribution < -0.4 is 5.32 Å². The zero-order valence-electron chi connectivity index (χ0n) is 8.30. The number of nitrogens with one attached hydrogen (secondary N) is 1. The molecule has 0 bridgehead atoms. The maximum absolute atomic E-state index is 13.1. The van der Waals surface area contributed by atoms with E-state index in [1.54, 1.807) is 0 Å². The van der Waals surface area contributed by atoms with Gasteiger partial charge in [0.25, 0.3) is 0 Å². The summed E-state index contributed by atoms with van der Waals surface area (Å²) >= 11 is 0. The summed E-state index contributed by atoms with van der Waals surface area (Å²) in [6.07, 6.45) is -0.948. The van der Waals surface area contributed by atoms with E-state index in [1.165, 1.54) is 6.92 Å². The highest BCUT2D eigenvalue weighted by Crippen LogP contribution is 2.19. The van der Waals surface area contributed by atoms with Crippen LogP contribution >= 0.6 is 0 Å². The lowest BCUT2D eigenvalue weighted by Gasteiger charge is -2.12. The zero-order chi connectivity index (χ0) is 11.4. The first-order valence-corrected chi connectivity index (χ1v) is 4.53. The molecule has 0 aliphatic rings. The van der Waals surface area contributed by atoms with Crippen LogP contribution in [-0.4, -0.2) is 29.5 Å². The van der Waals surface area contributed by atoms with Gasteiger partial charge in [-0.25, -0.2) is 8.78 Å². The third-order valence-electron chi connectivity index (χ3n) is 2.05. The third-order valence-corrected chi connectivity index (χ3v) is 2.05. The molecule has 0 spiro atoms. The Morgan fingerprint density at radius 2 is 2.07 bits per heavy atom. The first-order valence-electron chi connectivity index (χ1n) is 4.53. The van der Waals surface area contributed by atoms with Crippen molar-refractivity contribution in [1.82, 2.24) is 0 Å². The highest BCUT2D eigenvalue weighted by atomic mass is 19.1. The minimum atomic E-state index is -0.948. The quantitative estimate of drug-likeness (QED) is 0.706. The van der Waals surface area contributed by atoms with E-state index in [0.717, 1.165) is 12.1 Å². The topological polar surface area (TPSA) is 52.5 Å². The summed E-state index contributed by atoms with van der Waals surface area (Å²) in [5.41, 5.74) is 0.557. The van der Waals surface area contributed by atoms with Crippen LogP contribution in [0.25, 0.3) is 0 Å². The number of anilines is 1. The Hall–Kier alpha value is -1.20. The first-order chi connectivity index (χ1) is 7.04. The molecular weight excluding hydrogens is 204 g/mol. The molecular formula is C10H13F2NO2. The van der Waals surface area contributed by atoms with Gasteiger partial charge < -0.3 is 15.5 Å². The maximum atomic E-state index is 13.1. The van der Waals surface area contributed by atoms with Crippen molar-refractivity contribution in [3.05, 3.63) is 29.3 Å². The fourth-order valence-corrected chi connectivity index (χ4v) is 1.12. The summed E-state index contributed by atoms with van der Waals surface area (Å²) in [5.74, 6) is -1.32. The van der Waals surface area contributed by atoms with Crippen molar-refractivity contribution in [2.75, 3.05) is 18.5 Å². The SMILES string of the molecule is Cc1c(F)cc(F)cc1NCC(O)CO. The van der Waals surface area contributed by atoms with Crippen molar-refractivity contribution in [2.24, 2.45) is 0 Å². The van der Waals surface area contributed by atoms with Gasteiger partial charge in [0.15, 0.2) is 0 Å². The van der Waals surface area contributed by atoms with Crippen LogP contribution in [0.5, 0.6) is 0 Å². The second-order valence-corrected chi connectivity index (χ2v) is 3.28. The van der Waals surface area contributed by atoms with Crippen molar-refractivity contribution in [3.63, 3.8) is 0 Å². The van der Waals surface area contributed by atoms with Crippen LogP contribution in [0.3, 0.4) is 0 Å². The summed E-state index contributed by atoms with van der Waals surface area (Å²) in [6.45, 7) is 1.15. The predicted octanol–water partition coefficient (Wildman–Crippen LogP) is 1.04. The molecule has 0 radical (unpaired) electrons. The number of hydrogen-bond acceptors (Lipinski definition) is 3. The van der Waals surface area contributed by atoms with Gasteiger partial charge in [-0.15, -0.1) is 0 Å². The number of benzene rings is 1. The molecule has 0 aliphatic heterocycles. The molecule has 0 aromatic heterocycles. The van der Waals surface area contributed by atoms with Gasteiger partial charge in [-0.1, -0.05) is 0 Å². The van der Waals surface area contributed by atoms with E-state index in [1.807, 2.05) is 0 Å². The van der Waals surface area contributed by atoms with Crippen LogP contribution in [0.2, 0.25) is 0 Å². The molecule has 1 atom stereocenters. The van der Waals surface area contributed by atoms with E-state index in [9.17, 15) is 8.78 Å². The van der Waals surface area contributed by atoms with Gasteiger partial charge in [0, 0.05) is 23.9 Å². The molecule has 15 heavy (non-hydrogen) atoms. The second kappa shape index (κ2) is 5.04. The summed E-state index contributed by atoms with van der Waals surface area (Å²) in [6, 6.07) is 1.94. The van der Waals surface area contributed by atoms with Gasteiger partial charge in [0.1, 0.15) is 11.6 Å². The number of halogens is 2. The van der Waals surface area contributed by atoms with Crippen molar-refractivity contribution in [1.29, 1.82) is 0 Å². The average Bonchev–Trinajstić information content (AvgIpc) is 2.20. The van der Waals surface area contributed by atoms with E-state index in [0.29, 0.717) is 0 Å². The van der Waals surface area contributed by atoms with Gasteiger partial charge in [-0.05, 0) is 13.0 Å². The summed E-state index contributed by atoms with van der Waals surface area (Å²) < 4.78 is 25.9. The normalized spacial score (nSPS) is 12.6. The average molecular weight is 217 g/mol. The number of hydrogen-bond donors (Lipinski definition) is 3. The Morgan fingerprint density at radius 1 is 1.40 bits per heavy atom. The van der Waals surface area contributed by atoms with Crippen LogP contribution in [0.4, 0.5) is 14.5 Å². The molecule has 3 nitrogen and oxygen atoms in total. The van der Waals surface area contributed by atoms with Gasteiger partial charge in [0.05, 0.1) is 12.7 Å². The molecule has 84 valence electrons. The Morgan fingerprint density at radius 3 is 2.67 bits per heavy atom. The molecule has 1 aromatic carbocycles. The molecule has 5 heteroatoms. The van der Waals surface area contributed by atoms with Gasteiger partial charge in [-0.2, -0.15) is 0 Å². The van der Waals surface area contributed by atoms with Gasteiger partial charge in [0.2, 0.25) is 0 Å². The second-order valence-electron chi connectivity index (χ2n) is 3.28. The highest BCUT2D eigenvalue weighted by molar-refractivity contribution is 5.51. The number of aliphatic hydroxyl groups is 2. The molecule has 1 unspecified atom stereocenters. The molecule has 0 heterocycles. The number of rotatable bonds is 4. The standard InChI is InChI=1S/C10H13F2NO2/c1-6-9(12)2-7(11)3-10(6)13-4-8(15)5-14/h2-3,8,13-15H,4-5H2,1H3. The lowest BCUT2D eigenvalue weighted by atomic mass is 10.2. The van der Waals surface area contributed by atoms with Gasteiger partial charge >= 0.3 is 0 Å². The minimum Gasteiger partial charge on any atom is -0.394 e. The van der Waals surface area contributed by atoms with Crippen LogP contribution in [0, 0.1) is 18.6 Å². The molecule has 0 aliphatic carbocycles. The predicted molar refractivity (Wildman–Crippen MR) is 52.7 cm³/mol. The smallest absolute Gasteiger partial charge is 0.131 e. The van der Waals surface area contributed by atoms with E-state index in [4.69, 9.17) is 10.2 Å². The molecule has 1 aromatic rings. The zero-order valence-corrected chi connectivity index (χ0v) is 8.30. The Balaban J connectivity index is 2.76. The van der Waals surface area contributed by atoms with E-state index >= 15 is 0 Å². The molecule has 0 saturated heterocycles. The lowest BCUT2D eigenvalue weighted by Crippen LogP contribution is -2.23. The first kappa shape index (κ1) is 11.9. The Bertz CT molecular complexity index is 344. The lowest BCUT2D eigenvalue weighted by molar-refractivity contribution is 0.105. The van der Waals surface area contributed by atoms with E-state index in [2.05, 4.69) is 5.32 Å². The van der Waals surface area contributed by atoms with E-state index in [-0.39, 0.29) is 17.8 Å². The molecule has 0 amide bonds. The summed E-state index contributed by atoms with van der Waals surface area (Å²) in [4.78, 5) is 0. The fourth-order valence-electron chi connectivity index (χ4n) is 1.12. The van der Waals surface area contributed by atoms with Crippen molar-refractivity contribution < 1.29 is 19.0 Å². The van der Waals surface area contributed by atoms with Crippen LogP contribution in [0.1, 0.15) is 5.56 Å². The maximum Gasteiger partial charge on any atom is 0.131 e. The molecule has 0 fully saturated rings. The summed E-state index contributed by atoms with van der Waals surface area (Å²) in [5, 5.41) is 20.3. The van der Waals surface area contributed by atoms with E-state index < -0.39 is 24.3 Å². The molecule has 3 N–H and O–H groups in total. The molecule has 1 rings (SSSR count). The minimum absolute atomic E-state index is 0.0419. The Kier molecular flexibility index (Phi) is 3.99. The van der Waals surface area contributed by atoms with Crippen LogP contribution in [0.15, 0.2) is 12.1 Å². The van der Waals surface area contributed by atoms with Gasteiger partial charge in [-0.3, -0.25) is 0 Å². The summed E-state index contributed by atoms with van der Waals surface area (Å²) in [7, 11) is 0. The number of aliphatic hydroxyl groups excluding tert-OH is 2. The highest BCUT2D eigenvalue weighted by Gasteiger charge is 2.08. The van der Waals surface area contributed by atoms with Crippen molar-refractivity contribution >= 4 is 5.69 Å². The van der Waals surface area contributed by atoms with Crippen molar-refractivity contribution in [3.8, 4) is 0 Å².